The summed E-state index contributed by atoms with van der Waals surface area (Å²) in [5.41, 5.74) is 0.314. The van der Waals surface area contributed by atoms with Crippen LogP contribution in [0.1, 0.15) is 33.3 Å². The monoisotopic (exact) mass is 370 g/mol. The van der Waals surface area contributed by atoms with E-state index < -0.39 is 11.5 Å². The molecule has 0 saturated heterocycles. The number of rotatable bonds is 8. The number of benzene rings is 1. The summed E-state index contributed by atoms with van der Waals surface area (Å²) in [5.74, 6) is 0.0948. The third kappa shape index (κ3) is 4.95. The van der Waals surface area contributed by atoms with E-state index in [1.54, 1.807) is 29.7 Å². The molecule has 6 heteroatoms. The lowest BCUT2D eigenvalue weighted by atomic mass is 10.1. The molecule has 0 saturated carbocycles. The first-order valence-corrected chi connectivity index (χ1v) is 9.25. The zero-order chi connectivity index (χ0) is 19.1. The Labute approximate surface area is 157 Å². The summed E-state index contributed by atoms with van der Waals surface area (Å²) in [6.45, 7) is 7.53. The number of aryl methyl sites for hydroxylation is 1. The molecule has 0 aliphatic heterocycles. The van der Waals surface area contributed by atoms with Crippen molar-refractivity contribution in [1.82, 2.24) is 9.88 Å². The fraction of sp³-hybridized carbons (Fsp3) is 0.250. The number of H-pyrrole nitrogens is 1. The zero-order valence-electron chi connectivity index (χ0n) is 15.0. The van der Waals surface area contributed by atoms with Crippen LogP contribution in [-0.2, 0) is 0 Å². The lowest BCUT2D eigenvalue weighted by molar-refractivity contribution is 0.0782. The van der Waals surface area contributed by atoms with Crippen molar-refractivity contribution in [3.8, 4) is 0 Å². The van der Waals surface area contributed by atoms with E-state index in [2.05, 4.69) is 11.6 Å². The van der Waals surface area contributed by atoms with Gasteiger partial charge < -0.3 is 9.88 Å². The fourth-order valence-electron chi connectivity index (χ4n) is 2.54. The molecule has 5 nitrogen and oxygen atoms in total. The maximum Gasteiger partial charge on any atom is 0.261 e. The molecule has 0 bridgehead atoms. The summed E-state index contributed by atoms with van der Waals surface area (Å²) >= 11 is 1.63. The van der Waals surface area contributed by atoms with E-state index in [-0.39, 0.29) is 11.3 Å². The molecule has 0 aliphatic rings. The van der Waals surface area contributed by atoms with Crippen LogP contribution in [-0.4, -0.2) is 40.4 Å². The van der Waals surface area contributed by atoms with Gasteiger partial charge in [-0.25, -0.2) is 0 Å². The molecule has 0 spiro atoms. The van der Waals surface area contributed by atoms with Gasteiger partial charge in [0, 0.05) is 35.0 Å². The Hall–Kier alpha value is -2.60. The molecule has 0 radical (unpaired) electrons. The van der Waals surface area contributed by atoms with Gasteiger partial charge in [-0.1, -0.05) is 24.3 Å². The molecular weight excluding hydrogens is 348 g/mol. The molecular formula is C20H22N2O3S. The van der Waals surface area contributed by atoms with Crippen LogP contribution in [0.3, 0.4) is 0 Å². The Kier molecular flexibility index (Phi) is 6.97. The normalized spacial score (nSPS) is 10.4. The Morgan fingerprint density at radius 3 is 2.54 bits per heavy atom. The van der Waals surface area contributed by atoms with Gasteiger partial charge in [0.1, 0.15) is 5.56 Å². The van der Waals surface area contributed by atoms with E-state index in [9.17, 15) is 14.4 Å². The van der Waals surface area contributed by atoms with E-state index in [0.717, 1.165) is 4.90 Å². The molecule has 1 amide bonds. The first-order valence-electron chi connectivity index (χ1n) is 8.27. The standard InChI is InChI=1S/C20H22N2O3S/c1-4-10-22(11-12-26-16-8-6-5-7-9-16)20(25)18-13-17(15(3)23)14(2)21-19(18)24/h4-9,13H,1,10-12H2,2-3H3,(H,21,24). The highest BCUT2D eigenvalue weighted by Crippen LogP contribution is 2.17. The Balaban J connectivity index is 2.17. The quantitative estimate of drug-likeness (QED) is 0.440. The Morgan fingerprint density at radius 2 is 1.92 bits per heavy atom. The first kappa shape index (κ1) is 19.7. The maximum atomic E-state index is 12.8. The van der Waals surface area contributed by atoms with Crippen LogP contribution in [0.25, 0.3) is 0 Å². The molecule has 1 N–H and O–H groups in total. The number of nitrogens with zero attached hydrogens (tertiary/aromatic N) is 1. The van der Waals surface area contributed by atoms with Gasteiger partial charge in [0.05, 0.1) is 0 Å². The molecule has 0 fully saturated rings. The number of ketones is 1. The van der Waals surface area contributed by atoms with Crippen molar-refractivity contribution in [3.05, 3.63) is 76.2 Å². The highest BCUT2D eigenvalue weighted by Gasteiger charge is 2.20. The van der Waals surface area contributed by atoms with E-state index in [1.165, 1.54) is 13.0 Å². The van der Waals surface area contributed by atoms with Gasteiger partial charge in [-0.15, -0.1) is 18.3 Å². The lowest BCUT2D eigenvalue weighted by Gasteiger charge is -2.21. The first-order chi connectivity index (χ1) is 12.4. The van der Waals surface area contributed by atoms with Gasteiger partial charge in [0.25, 0.3) is 11.5 Å². The zero-order valence-corrected chi connectivity index (χ0v) is 15.8. The number of nitrogens with one attached hydrogen (secondary N) is 1. The van der Waals surface area contributed by atoms with Gasteiger partial charge in [0.15, 0.2) is 5.78 Å². The summed E-state index contributed by atoms with van der Waals surface area (Å²) in [6.07, 6.45) is 1.62. The van der Waals surface area contributed by atoms with Gasteiger partial charge in [0.2, 0.25) is 0 Å². The number of hydrogen-bond donors (Lipinski definition) is 1. The molecule has 0 atom stereocenters. The van der Waals surface area contributed by atoms with Crippen molar-refractivity contribution in [2.45, 2.75) is 18.7 Å². The predicted octanol–water partition coefficient (Wildman–Crippen LogP) is 3.31. The van der Waals surface area contributed by atoms with Crippen molar-refractivity contribution >= 4 is 23.5 Å². The molecule has 0 unspecified atom stereocenters. The number of Topliss-reactive ketones (excluding diaryl/α,β-unsaturated/α-hetero) is 1. The summed E-state index contributed by atoms with van der Waals surface area (Å²) in [7, 11) is 0. The largest absolute Gasteiger partial charge is 0.334 e. The molecule has 1 aromatic heterocycles. The summed E-state index contributed by atoms with van der Waals surface area (Å²) < 4.78 is 0. The van der Waals surface area contributed by atoms with Gasteiger partial charge in [-0.05, 0) is 32.0 Å². The number of aromatic amines is 1. The van der Waals surface area contributed by atoms with Crippen molar-refractivity contribution in [2.75, 3.05) is 18.8 Å². The second kappa shape index (κ2) is 9.20. The van der Waals surface area contributed by atoms with Gasteiger partial charge >= 0.3 is 0 Å². The molecule has 1 heterocycles. The molecule has 2 aromatic rings. The molecule has 2 rings (SSSR count). The van der Waals surface area contributed by atoms with Crippen LogP contribution in [0.5, 0.6) is 0 Å². The van der Waals surface area contributed by atoms with E-state index in [0.29, 0.717) is 30.1 Å². The Bertz CT molecular complexity index is 859. The minimum Gasteiger partial charge on any atom is -0.334 e. The van der Waals surface area contributed by atoms with E-state index in [1.807, 2.05) is 30.3 Å². The van der Waals surface area contributed by atoms with E-state index >= 15 is 0 Å². The number of pyridine rings is 1. The maximum absolute atomic E-state index is 12.8. The van der Waals surface area contributed by atoms with Crippen LogP contribution >= 0.6 is 11.8 Å². The minimum atomic E-state index is -0.484. The number of hydrogen-bond acceptors (Lipinski definition) is 4. The molecule has 1 aromatic carbocycles. The number of amides is 1. The van der Waals surface area contributed by atoms with Crippen LogP contribution in [0.15, 0.2) is 58.7 Å². The molecule has 0 aliphatic carbocycles. The minimum absolute atomic E-state index is 0.0210. The summed E-state index contributed by atoms with van der Waals surface area (Å²) in [4.78, 5) is 42.0. The number of carbonyl (C=O) groups excluding carboxylic acids is 2. The number of thioether (sulfide) groups is 1. The van der Waals surface area contributed by atoms with Crippen molar-refractivity contribution < 1.29 is 9.59 Å². The SMILES string of the molecule is C=CCN(CCSc1ccccc1)C(=O)c1cc(C(C)=O)c(C)[nH]c1=O. The third-order valence-electron chi connectivity index (χ3n) is 3.86. The molecule has 26 heavy (non-hydrogen) atoms. The third-order valence-corrected chi connectivity index (χ3v) is 4.85. The smallest absolute Gasteiger partial charge is 0.261 e. The number of carbonyl (C=O) groups is 2. The second-order valence-electron chi connectivity index (χ2n) is 5.81. The highest BCUT2D eigenvalue weighted by atomic mass is 32.2. The van der Waals surface area contributed by atoms with Crippen LogP contribution in [0, 0.1) is 6.92 Å². The number of aromatic nitrogens is 1. The predicted molar refractivity (Wildman–Crippen MR) is 105 cm³/mol. The van der Waals surface area contributed by atoms with Gasteiger partial charge in [-0.2, -0.15) is 0 Å². The lowest BCUT2D eigenvalue weighted by Crippen LogP contribution is -2.37. The van der Waals surface area contributed by atoms with Crippen LogP contribution in [0.2, 0.25) is 0 Å². The van der Waals surface area contributed by atoms with Crippen LogP contribution in [0.4, 0.5) is 0 Å². The average molecular weight is 370 g/mol. The van der Waals surface area contributed by atoms with E-state index in [4.69, 9.17) is 0 Å². The topological polar surface area (TPSA) is 70.2 Å². The van der Waals surface area contributed by atoms with Crippen molar-refractivity contribution in [1.29, 1.82) is 0 Å². The fourth-order valence-corrected chi connectivity index (χ4v) is 3.44. The van der Waals surface area contributed by atoms with Gasteiger partial charge in [-0.3, -0.25) is 14.4 Å². The molecule has 136 valence electrons. The summed E-state index contributed by atoms with van der Waals surface area (Å²) in [6, 6.07) is 11.3. The second-order valence-corrected chi connectivity index (χ2v) is 6.98. The summed E-state index contributed by atoms with van der Waals surface area (Å²) in [5, 5.41) is 0. The average Bonchev–Trinajstić information content (AvgIpc) is 2.61. The van der Waals surface area contributed by atoms with Crippen LogP contribution < -0.4 is 5.56 Å². The van der Waals surface area contributed by atoms with Crippen molar-refractivity contribution in [3.63, 3.8) is 0 Å². The highest BCUT2D eigenvalue weighted by molar-refractivity contribution is 7.99. The Morgan fingerprint density at radius 1 is 1.23 bits per heavy atom. The van der Waals surface area contributed by atoms with Crippen molar-refractivity contribution in [2.24, 2.45) is 0 Å².